The van der Waals surface area contributed by atoms with E-state index in [1.807, 2.05) is 54.6 Å². The molecule has 2 N–H and O–H groups in total. The van der Waals surface area contributed by atoms with Gasteiger partial charge in [-0.15, -0.1) is 0 Å². The number of rotatable bonds is 3. The van der Waals surface area contributed by atoms with E-state index in [1.165, 1.54) is 0 Å². The van der Waals surface area contributed by atoms with Crippen LogP contribution in [0.2, 0.25) is 0 Å². The molecule has 0 heterocycles. The predicted octanol–water partition coefficient (Wildman–Crippen LogP) is 3.45. The van der Waals surface area contributed by atoms with E-state index in [9.17, 15) is 4.79 Å². The minimum absolute atomic E-state index is 0.123. The Labute approximate surface area is 125 Å². The van der Waals surface area contributed by atoms with Gasteiger partial charge in [0.15, 0.2) is 0 Å². The van der Waals surface area contributed by atoms with Gasteiger partial charge in [0.1, 0.15) is 0 Å². The highest BCUT2D eigenvalue weighted by atomic mass is 79.9. The van der Waals surface area contributed by atoms with Gasteiger partial charge in [0.25, 0.3) is 0 Å². The van der Waals surface area contributed by atoms with Crippen LogP contribution in [0, 0.1) is 5.92 Å². The molecule has 1 aliphatic carbocycles. The van der Waals surface area contributed by atoms with Crippen molar-refractivity contribution in [2.24, 2.45) is 5.92 Å². The normalized spacial score (nSPS) is 24.2. The third-order valence-electron chi connectivity index (χ3n) is 3.87. The van der Waals surface area contributed by atoms with E-state index in [0.29, 0.717) is 0 Å². The number of carbonyl (C=O) groups excluding carboxylic acids is 1. The molecule has 2 aromatic carbocycles. The van der Waals surface area contributed by atoms with Crippen molar-refractivity contribution in [1.82, 2.24) is 5.48 Å². The number of amides is 1. The molecular weight excluding hydrogens is 318 g/mol. The van der Waals surface area contributed by atoms with Gasteiger partial charge in [-0.2, -0.15) is 0 Å². The number of nitrogens with one attached hydrogen (secondary N) is 1. The number of hydrogen-bond acceptors (Lipinski definition) is 2. The first kappa shape index (κ1) is 13.3. The minimum atomic E-state index is -0.313. The summed E-state index contributed by atoms with van der Waals surface area (Å²) in [5.74, 6) is -0.266. The van der Waals surface area contributed by atoms with Gasteiger partial charge < -0.3 is 0 Å². The molecule has 3 atom stereocenters. The highest BCUT2D eigenvalue weighted by molar-refractivity contribution is 9.10. The molecule has 102 valence electrons. The first-order valence-corrected chi connectivity index (χ1v) is 7.26. The van der Waals surface area contributed by atoms with Crippen molar-refractivity contribution < 1.29 is 10.0 Å². The Balaban J connectivity index is 1.92. The van der Waals surface area contributed by atoms with E-state index in [4.69, 9.17) is 5.21 Å². The summed E-state index contributed by atoms with van der Waals surface area (Å²) in [7, 11) is 0. The average Bonchev–Trinajstić information content (AvgIpc) is 3.23. The average molecular weight is 332 g/mol. The van der Waals surface area contributed by atoms with Crippen LogP contribution in [0.25, 0.3) is 0 Å². The smallest absolute Gasteiger partial charge is 0.247 e. The van der Waals surface area contributed by atoms with E-state index >= 15 is 0 Å². The molecule has 0 bridgehead atoms. The van der Waals surface area contributed by atoms with Crippen molar-refractivity contribution in [1.29, 1.82) is 0 Å². The predicted molar refractivity (Wildman–Crippen MR) is 79.5 cm³/mol. The molecule has 0 spiro atoms. The maximum absolute atomic E-state index is 11.8. The van der Waals surface area contributed by atoms with Crippen molar-refractivity contribution in [3.63, 3.8) is 0 Å². The lowest BCUT2D eigenvalue weighted by atomic mass is 10.0. The quantitative estimate of drug-likeness (QED) is 0.668. The van der Waals surface area contributed by atoms with Crippen LogP contribution in [-0.4, -0.2) is 11.1 Å². The maximum Gasteiger partial charge on any atom is 0.247 e. The zero-order valence-corrected chi connectivity index (χ0v) is 12.2. The van der Waals surface area contributed by atoms with Crippen LogP contribution in [0.5, 0.6) is 0 Å². The molecule has 20 heavy (non-hydrogen) atoms. The zero-order valence-electron chi connectivity index (χ0n) is 10.7. The second-order valence-corrected chi connectivity index (χ2v) is 5.93. The summed E-state index contributed by atoms with van der Waals surface area (Å²) in [6.07, 6.45) is 0. The van der Waals surface area contributed by atoms with E-state index in [2.05, 4.69) is 15.9 Å². The number of benzene rings is 2. The Morgan fingerprint density at radius 1 is 0.950 bits per heavy atom. The number of hydrogen-bond donors (Lipinski definition) is 2. The summed E-state index contributed by atoms with van der Waals surface area (Å²) in [5, 5.41) is 8.91. The molecular formula is C16H14BrNO2. The van der Waals surface area contributed by atoms with Gasteiger partial charge in [0.05, 0.1) is 5.92 Å². The number of hydroxylamine groups is 1. The third kappa shape index (κ3) is 2.37. The SMILES string of the molecule is O=C(NO)C1C(c2ccccc2)C1c1ccc(Br)cc1. The minimum Gasteiger partial charge on any atom is -0.289 e. The summed E-state index contributed by atoms with van der Waals surface area (Å²) < 4.78 is 1.02. The Morgan fingerprint density at radius 3 is 2.05 bits per heavy atom. The number of halogens is 1. The van der Waals surface area contributed by atoms with Crippen LogP contribution in [0.1, 0.15) is 23.0 Å². The summed E-state index contributed by atoms with van der Waals surface area (Å²) in [6.45, 7) is 0. The Morgan fingerprint density at radius 2 is 1.50 bits per heavy atom. The molecule has 0 radical (unpaired) electrons. The molecule has 4 heteroatoms. The van der Waals surface area contributed by atoms with Crippen LogP contribution >= 0.6 is 15.9 Å². The number of carbonyl (C=O) groups is 1. The van der Waals surface area contributed by atoms with E-state index in [-0.39, 0.29) is 23.7 Å². The van der Waals surface area contributed by atoms with E-state index in [1.54, 1.807) is 5.48 Å². The molecule has 3 unspecified atom stereocenters. The van der Waals surface area contributed by atoms with Crippen LogP contribution in [0.4, 0.5) is 0 Å². The van der Waals surface area contributed by atoms with Gasteiger partial charge in [-0.3, -0.25) is 10.0 Å². The second kappa shape index (κ2) is 5.38. The van der Waals surface area contributed by atoms with E-state index in [0.717, 1.165) is 15.6 Å². The standard InChI is InChI=1S/C16H14BrNO2/c17-12-8-6-11(7-9-12)14-13(15(14)16(19)18-20)10-4-2-1-3-5-10/h1-9,13-15,20H,(H,18,19). The van der Waals surface area contributed by atoms with Crippen molar-refractivity contribution in [3.05, 3.63) is 70.2 Å². The molecule has 2 aromatic rings. The topological polar surface area (TPSA) is 49.3 Å². The summed E-state index contributed by atoms with van der Waals surface area (Å²) >= 11 is 3.41. The molecule has 0 aliphatic heterocycles. The summed E-state index contributed by atoms with van der Waals surface area (Å²) in [5.41, 5.74) is 4.04. The fraction of sp³-hybridized carbons (Fsp3) is 0.188. The van der Waals surface area contributed by atoms with Gasteiger partial charge in [-0.25, -0.2) is 5.48 Å². The lowest BCUT2D eigenvalue weighted by Gasteiger charge is -2.01. The molecule has 1 fully saturated rings. The van der Waals surface area contributed by atoms with Crippen molar-refractivity contribution in [3.8, 4) is 0 Å². The van der Waals surface area contributed by atoms with Gasteiger partial charge >= 0.3 is 0 Å². The fourth-order valence-electron chi connectivity index (χ4n) is 2.90. The van der Waals surface area contributed by atoms with Crippen molar-refractivity contribution in [2.75, 3.05) is 0 Å². The highest BCUT2D eigenvalue weighted by Gasteiger charge is 2.55. The van der Waals surface area contributed by atoms with Crippen molar-refractivity contribution >= 4 is 21.8 Å². The molecule has 0 aromatic heterocycles. The largest absolute Gasteiger partial charge is 0.289 e. The summed E-state index contributed by atoms with van der Waals surface area (Å²) in [6, 6.07) is 18.0. The van der Waals surface area contributed by atoms with Crippen LogP contribution in [0.15, 0.2) is 59.1 Å². The van der Waals surface area contributed by atoms with Crippen LogP contribution in [0.3, 0.4) is 0 Å². The van der Waals surface area contributed by atoms with Crippen LogP contribution < -0.4 is 5.48 Å². The Kier molecular flexibility index (Phi) is 3.59. The van der Waals surface area contributed by atoms with Gasteiger partial charge in [0.2, 0.25) is 5.91 Å². The summed E-state index contributed by atoms with van der Waals surface area (Å²) in [4.78, 5) is 11.8. The first-order chi connectivity index (χ1) is 9.72. The molecule has 0 saturated heterocycles. The zero-order chi connectivity index (χ0) is 14.1. The molecule has 1 amide bonds. The van der Waals surface area contributed by atoms with Gasteiger partial charge in [0, 0.05) is 16.3 Å². The van der Waals surface area contributed by atoms with E-state index < -0.39 is 0 Å². The Bertz CT molecular complexity index is 612. The lowest BCUT2D eigenvalue weighted by Crippen LogP contribution is -2.21. The van der Waals surface area contributed by atoms with Gasteiger partial charge in [-0.1, -0.05) is 58.4 Å². The second-order valence-electron chi connectivity index (χ2n) is 5.02. The monoisotopic (exact) mass is 331 g/mol. The third-order valence-corrected chi connectivity index (χ3v) is 4.40. The fourth-order valence-corrected chi connectivity index (χ4v) is 3.17. The van der Waals surface area contributed by atoms with Crippen molar-refractivity contribution in [2.45, 2.75) is 11.8 Å². The molecule has 3 rings (SSSR count). The Hall–Kier alpha value is -1.65. The van der Waals surface area contributed by atoms with Crippen LogP contribution in [-0.2, 0) is 4.79 Å². The highest BCUT2D eigenvalue weighted by Crippen LogP contribution is 2.60. The molecule has 1 aliphatic rings. The lowest BCUT2D eigenvalue weighted by molar-refractivity contribution is -0.130. The first-order valence-electron chi connectivity index (χ1n) is 6.46. The molecule has 3 nitrogen and oxygen atoms in total. The molecule has 1 saturated carbocycles. The maximum atomic E-state index is 11.8. The van der Waals surface area contributed by atoms with Gasteiger partial charge in [-0.05, 0) is 23.3 Å².